The number of ether oxygens (including phenoxy) is 1. The van der Waals surface area contributed by atoms with Crippen molar-refractivity contribution in [3.05, 3.63) is 65.3 Å². The molecule has 0 atom stereocenters. The Morgan fingerprint density at radius 3 is 2.65 bits per heavy atom. The molecule has 23 heavy (non-hydrogen) atoms. The Balaban J connectivity index is 1.84. The zero-order valence-corrected chi connectivity index (χ0v) is 13.3. The van der Waals surface area contributed by atoms with E-state index in [9.17, 15) is 4.79 Å². The summed E-state index contributed by atoms with van der Waals surface area (Å²) in [5.41, 5.74) is 1.78. The second-order valence-corrected chi connectivity index (χ2v) is 5.29. The Kier molecular flexibility index (Phi) is 4.44. The third-order valence-electron chi connectivity index (χ3n) is 3.38. The minimum absolute atomic E-state index is 0.294. The second kappa shape index (κ2) is 6.67. The molecule has 116 valence electrons. The van der Waals surface area contributed by atoms with Crippen molar-refractivity contribution in [3.63, 3.8) is 0 Å². The van der Waals surface area contributed by atoms with Gasteiger partial charge in [-0.05, 0) is 37.3 Å². The Morgan fingerprint density at radius 2 is 1.91 bits per heavy atom. The van der Waals surface area contributed by atoms with E-state index in [1.807, 2.05) is 31.2 Å². The average Bonchev–Trinajstić information content (AvgIpc) is 2.57. The number of rotatable bonds is 4. The summed E-state index contributed by atoms with van der Waals surface area (Å²) >= 11 is 6.35. The predicted molar refractivity (Wildman–Crippen MR) is 92.3 cm³/mol. The average molecular weight is 327 g/mol. The Labute approximate surface area is 139 Å². The molecular formula is C18H15ClN2O2. The van der Waals surface area contributed by atoms with Crippen LogP contribution in [0.5, 0.6) is 5.75 Å². The SMILES string of the molecule is CCOc1ccc(NC(=O)c2cnc3ccccc3c2Cl)cc1. The summed E-state index contributed by atoms with van der Waals surface area (Å²) in [7, 11) is 0. The molecule has 1 heterocycles. The number of halogens is 1. The number of anilines is 1. The maximum atomic E-state index is 12.4. The number of amides is 1. The molecule has 1 aromatic heterocycles. The summed E-state index contributed by atoms with van der Waals surface area (Å²) in [6.45, 7) is 2.52. The van der Waals surface area contributed by atoms with E-state index in [-0.39, 0.29) is 5.91 Å². The Bertz CT molecular complexity index is 847. The van der Waals surface area contributed by atoms with Gasteiger partial charge in [0.2, 0.25) is 0 Å². The number of aromatic nitrogens is 1. The van der Waals surface area contributed by atoms with Crippen LogP contribution in [0.4, 0.5) is 5.69 Å². The molecule has 0 bridgehead atoms. The molecule has 0 aliphatic heterocycles. The maximum Gasteiger partial charge on any atom is 0.258 e. The number of fused-ring (bicyclic) bond motifs is 1. The second-order valence-electron chi connectivity index (χ2n) is 4.91. The van der Waals surface area contributed by atoms with Gasteiger partial charge in [0, 0.05) is 17.3 Å². The van der Waals surface area contributed by atoms with Gasteiger partial charge in [-0.3, -0.25) is 9.78 Å². The van der Waals surface area contributed by atoms with Crippen LogP contribution in [-0.2, 0) is 0 Å². The highest BCUT2D eigenvalue weighted by atomic mass is 35.5. The van der Waals surface area contributed by atoms with Crippen LogP contribution in [0.3, 0.4) is 0 Å². The van der Waals surface area contributed by atoms with Crippen LogP contribution in [0.2, 0.25) is 5.02 Å². The van der Waals surface area contributed by atoms with Crippen molar-refractivity contribution >= 4 is 34.1 Å². The monoisotopic (exact) mass is 326 g/mol. The largest absolute Gasteiger partial charge is 0.494 e. The standard InChI is InChI=1S/C18H15ClN2O2/c1-2-23-13-9-7-12(8-10-13)21-18(22)15-11-20-16-6-4-3-5-14(16)17(15)19/h3-11H,2H2,1H3,(H,21,22). The van der Waals surface area contributed by atoms with E-state index in [2.05, 4.69) is 10.3 Å². The molecule has 2 aromatic carbocycles. The van der Waals surface area contributed by atoms with E-state index in [1.165, 1.54) is 6.20 Å². The highest BCUT2D eigenvalue weighted by molar-refractivity contribution is 6.38. The number of hydrogen-bond donors (Lipinski definition) is 1. The highest BCUT2D eigenvalue weighted by Gasteiger charge is 2.14. The molecule has 1 N–H and O–H groups in total. The van der Waals surface area contributed by atoms with Gasteiger partial charge in [-0.15, -0.1) is 0 Å². The first-order valence-corrected chi connectivity index (χ1v) is 7.64. The van der Waals surface area contributed by atoms with Gasteiger partial charge < -0.3 is 10.1 Å². The lowest BCUT2D eigenvalue weighted by atomic mass is 10.1. The van der Waals surface area contributed by atoms with Crippen LogP contribution in [0.15, 0.2) is 54.7 Å². The van der Waals surface area contributed by atoms with Crippen molar-refractivity contribution in [2.75, 3.05) is 11.9 Å². The fourth-order valence-corrected chi connectivity index (χ4v) is 2.56. The number of nitrogens with zero attached hydrogens (tertiary/aromatic N) is 1. The number of pyridine rings is 1. The number of benzene rings is 2. The van der Waals surface area contributed by atoms with Crippen molar-refractivity contribution in [1.29, 1.82) is 0 Å². The summed E-state index contributed by atoms with van der Waals surface area (Å²) in [6.07, 6.45) is 1.49. The lowest BCUT2D eigenvalue weighted by Gasteiger charge is -2.09. The minimum Gasteiger partial charge on any atom is -0.494 e. The molecule has 0 saturated carbocycles. The molecule has 0 saturated heterocycles. The van der Waals surface area contributed by atoms with Gasteiger partial charge in [0.1, 0.15) is 5.75 Å². The van der Waals surface area contributed by atoms with E-state index >= 15 is 0 Å². The zero-order chi connectivity index (χ0) is 16.2. The van der Waals surface area contributed by atoms with E-state index in [0.29, 0.717) is 22.9 Å². The van der Waals surface area contributed by atoms with Crippen molar-refractivity contribution < 1.29 is 9.53 Å². The molecule has 0 spiro atoms. The van der Waals surface area contributed by atoms with Gasteiger partial charge in [0.15, 0.2) is 0 Å². The summed E-state index contributed by atoms with van der Waals surface area (Å²) < 4.78 is 5.37. The van der Waals surface area contributed by atoms with Gasteiger partial charge in [-0.1, -0.05) is 29.8 Å². The number of hydrogen-bond acceptors (Lipinski definition) is 3. The lowest BCUT2D eigenvalue weighted by molar-refractivity contribution is 0.102. The van der Waals surface area contributed by atoms with Crippen LogP contribution in [0.1, 0.15) is 17.3 Å². The van der Waals surface area contributed by atoms with E-state index in [4.69, 9.17) is 16.3 Å². The fourth-order valence-electron chi connectivity index (χ4n) is 2.27. The Hall–Kier alpha value is -2.59. The fraction of sp³-hybridized carbons (Fsp3) is 0.111. The lowest BCUT2D eigenvalue weighted by Crippen LogP contribution is -2.13. The van der Waals surface area contributed by atoms with Gasteiger partial charge in [0.25, 0.3) is 5.91 Å². The third kappa shape index (κ3) is 3.27. The minimum atomic E-state index is -0.294. The number of nitrogens with one attached hydrogen (secondary N) is 1. The smallest absolute Gasteiger partial charge is 0.258 e. The van der Waals surface area contributed by atoms with Gasteiger partial charge in [-0.25, -0.2) is 0 Å². The van der Waals surface area contributed by atoms with Crippen molar-refractivity contribution in [1.82, 2.24) is 4.98 Å². The molecule has 0 aliphatic carbocycles. The van der Waals surface area contributed by atoms with Crippen LogP contribution < -0.4 is 10.1 Å². The first-order valence-electron chi connectivity index (χ1n) is 7.26. The summed E-state index contributed by atoms with van der Waals surface area (Å²) in [5.74, 6) is 0.466. The Morgan fingerprint density at radius 1 is 1.17 bits per heavy atom. The van der Waals surface area contributed by atoms with Crippen LogP contribution in [0.25, 0.3) is 10.9 Å². The van der Waals surface area contributed by atoms with Gasteiger partial charge in [0.05, 0.1) is 22.7 Å². The molecule has 0 radical (unpaired) electrons. The van der Waals surface area contributed by atoms with Crippen molar-refractivity contribution in [2.24, 2.45) is 0 Å². The topological polar surface area (TPSA) is 51.2 Å². The van der Waals surface area contributed by atoms with E-state index < -0.39 is 0 Å². The molecule has 0 aliphatic rings. The molecular weight excluding hydrogens is 312 g/mol. The first kappa shape index (κ1) is 15.3. The molecule has 3 rings (SSSR count). The summed E-state index contributed by atoms with van der Waals surface area (Å²) in [4.78, 5) is 16.7. The molecule has 0 fully saturated rings. The van der Waals surface area contributed by atoms with Crippen molar-refractivity contribution in [2.45, 2.75) is 6.92 Å². The molecule has 5 heteroatoms. The molecule has 1 amide bonds. The first-order chi connectivity index (χ1) is 11.2. The highest BCUT2D eigenvalue weighted by Crippen LogP contribution is 2.26. The van der Waals surface area contributed by atoms with Crippen molar-refractivity contribution in [3.8, 4) is 5.75 Å². The quantitative estimate of drug-likeness (QED) is 0.765. The maximum absolute atomic E-state index is 12.4. The van der Waals surface area contributed by atoms with E-state index in [1.54, 1.807) is 24.3 Å². The number of para-hydroxylation sites is 1. The van der Waals surface area contributed by atoms with E-state index in [0.717, 1.165) is 16.7 Å². The summed E-state index contributed by atoms with van der Waals surface area (Å²) in [5, 5.41) is 3.97. The van der Waals surface area contributed by atoms with Gasteiger partial charge in [-0.2, -0.15) is 0 Å². The third-order valence-corrected chi connectivity index (χ3v) is 3.78. The number of carbonyl (C=O) groups excluding carboxylic acids is 1. The van der Waals surface area contributed by atoms with Crippen LogP contribution in [-0.4, -0.2) is 17.5 Å². The number of carbonyl (C=O) groups is 1. The zero-order valence-electron chi connectivity index (χ0n) is 12.5. The summed E-state index contributed by atoms with van der Waals surface area (Å²) in [6, 6.07) is 14.6. The molecule has 4 nitrogen and oxygen atoms in total. The van der Waals surface area contributed by atoms with Crippen LogP contribution in [0, 0.1) is 0 Å². The molecule has 0 unspecified atom stereocenters. The van der Waals surface area contributed by atoms with Gasteiger partial charge >= 0.3 is 0 Å². The predicted octanol–water partition coefficient (Wildman–Crippen LogP) is 4.54. The molecule has 3 aromatic rings. The normalized spacial score (nSPS) is 10.5. The van der Waals surface area contributed by atoms with Crippen LogP contribution >= 0.6 is 11.6 Å².